The van der Waals surface area contributed by atoms with Crippen molar-refractivity contribution in [2.24, 2.45) is 5.16 Å². The normalized spacial score (nSPS) is 19.2. The summed E-state index contributed by atoms with van der Waals surface area (Å²) >= 11 is 0. The van der Waals surface area contributed by atoms with E-state index in [1.54, 1.807) is 9.80 Å². The van der Waals surface area contributed by atoms with Gasteiger partial charge in [0.05, 0.1) is 12.3 Å². The number of rotatable bonds is 5. The second-order valence-corrected chi connectivity index (χ2v) is 11.2. The number of amides is 2. The molecule has 210 valence electrons. The third-order valence-electron chi connectivity index (χ3n) is 7.13. The number of benzene rings is 2. The summed E-state index contributed by atoms with van der Waals surface area (Å²) in [6.45, 7) is 7.00. The zero-order valence-electron chi connectivity index (χ0n) is 23.4. The van der Waals surface area contributed by atoms with E-state index in [1.807, 2.05) is 75.4 Å². The Hall–Kier alpha value is -4.21. The number of carbonyl (C=O) groups excluding carboxylic acids is 2. The van der Waals surface area contributed by atoms with Gasteiger partial charge in [-0.05, 0) is 56.9 Å². The van der Waals surface area contributed by atoms with Crippen molar-refractivity contribution in [2.45, 2.75) is 57.6 Å². The lowest BCUT2D eigenvalue weighted by Crippen LogP contribution is -2.41. The largest absolute Gasteiger partial charge is 0.444 e. The standard InChI is InChI=1S/C30H35N5O5/c1-30(2,3)39-29(37)34-16-14-22(15-17-34)26-31-27(40-33-26)25-18-24(32-38-4)19-35(25)28(36)23-12-10-21(11-13-23)20-8-6-5-7-9-20/h5-13,22,25H,14-19H2,1-4H3/b32-24-/t25-/m0/s1. The van der Waals surface area contributed by atoms with Crippen molar-refractivity contribution in [1.82, 2.24) is 19.9 Å². The molecular formula is C30H35N5O5. The summed E-state index contributed by atoms with van der Waals surface area (Å²) in [4.78, 5) is 39.2. The van der Waals surface area contributed by atoms with Gasteiger partial charge in [-0.15, -0.1) is 0 Å². The van der Waals surface area contributed by atoms with Gasteiger partial charge < -0.3 is 23.9 Å². The summed E-state index contributed by atoms with van der Waals surface area (Å²) in [6, 6.07) is 17.2. The molecule has 10 heteroatoms. The molecule has 10 nitrogen and oxygen atoms in total. The summed E-state index contributed by atoms with van der Waals surface area (Å²) in [5.41, 5.74) is 2.89. The number of carbonyl (C=O) groups is 2. The Kier molecular flexibility index (Phi) is 7.86. The van der Waals surface area contributed by atoms with Gasteiger partial charge in [0.1, 0.15) is 18.8 Å². The highest BCUT2D eigenvalue weighted by atomic mass is 16.6. The van der Waals surface area contributed by atoms with Crippen LogP contribution in [0.1, 0.15) is 74.1 Å². The first kappa shape index (κ1) is 27.4. The molecule has 0 saturated carbocycles. The zero-order valence-corrected chi connectivity index (χ0v) is 23.4. The van der Waals surface area contributed by atoms with Gasteiger partial charge in [0.25, 0.3) is 5.91 Å². The van der Waals surface area contributed by atoms with Crippen molar-refractivity contribution >= 4 is 17.7 Å². The van der Waals surface area contributed by atoms with E-state index in [0.717, 1.165) is 16.8 Å². The molecule has 0 spiro atoms. The van der Waals surface area contributed by atoms with E-state index in [2.05, 4.69) is 10.3 Å². The number of aromatic nitrogens is 2. The minimum absolute atomic E-state index is 0.0550. The van der Waals surface area contributed by atoms with Gasteiger partial charge in [0.15, 0.2) is 5.82 Å². The topological polar surface area (TPSA) is 110 Å². The van der Waals surface area contributed by atoms with E-state index in [4.69, 9.17) is 19.1 Å². The van der Waals surface area contributed by atoms with Crippen molar-refractivity contribution < 1.29 is 23.7 Å². The average Bonchev–Trinajstić information content (AvgIpc) is 3.60. The fourth-order valence-electron chi connectivity index (χ4n) is 5.13. The fourth-order valence-corrected chi connectivity index (χ4v) is 5.13. The number of likely N-dealkylation sites (tertiary alicyclic amines) is 2. The Balaban J connectivity index is 1.29. The predicted molar refractivity (Wildman–Crippen MR) is 149 cm³/mol. The van der Waals surface area contributed by atoms with Gasteiger partial charge in [-0.25, -0.2) is 4.79 Å². The molecule has 0 N–H and O–H groups in total. The average molecular weight is 546 g/mol. The Morgan fingerprint density at radius 2 is 1.68 bits per heavy atom. The molecule has 5 rings (SSSR count). The van der Waals surface area contributed by atoms with Gasteiger partial charge >= 0.3 is 6.09 Å². The van der Waals surface area contributed by atoms with Gasteiger partial charge in [-0.2, -0.15) is 4.98 Å². The summed E-state index contributed by atoms with van der Waals surface area (Å²) in [7, 11) is 1.49. The third-order valence-corrected chi connectivity index (χ3v) is 7.13. The van der Waals surface area contributed by atoms with Crippen LogP contribution in [-0.4, -0.2) is 70.0 Å². The molecule has 1 aromatic heterocycles. The van der Waals surface area contributed by atoms with Crippen molar-refractivity contribution in [3.8, 4) is 11.1 Å². The first-order chi connectivity index (χ1) is 19.2. The molecule has 2 aliphatic rings. The second kappa shape index (κ2) is 11.5. The molecule has 0 unspecified atom stereocenters. The van der Waals surface area contributed by atoms with Gasteiger partial charge in [0, 0.05) is 31.0 Å². The zero-order chi connectivity index (χ0) is 28.3. The highest BCUT2D eigenvalue weighted by molar-refractivity contribution is 6.00. The molecule has 40 heavy (non-hydrogen) atoms. The van der Waals surface area contributed by atoms with E-state index >= 15 is 0 Å². The van der Waals surface area contributed by atoms with Crippen LogP contribution in [0.25, 0.3) is 11.1 Å². The van der Waals surface area contributed by atoms with Gasteiger partial charge in [-0.3, -0.25) is 4.79 Å². The van der Waals surface area contributed by atoms with Crippen LogP contribution in [0, 0.1) is 0 Å². The lowest BCUT2D eigenvalue weighted by Gasteiger charge is -2.32. The summed E-state index contributed by atoms with van der Waals surface area (Å²) in [6.07, 6.45) is 1.55. The highest BCUT2D eigenvalue weighted by Gasteiger charge is 2.39. The molecule has 2 aromatic carbocycles. The van der Waals surface area contributed by atoms with Crippen LogP contribution < -0.4 is 0 Å². The number of hydrogen-bond donors (Lipinski definition) is 0. The monoisotopic (exact) mass is 545 g/mol. The molecule has 3 heterocycles. The molecular weight excluding hydrogens is 510 g/mol. The maximum absolute atomic E-state index is 13.6. The molecule has 3 aromatic rings. The first-order valence-electron chi connectivity index (χ1n) is 13.6. The number of piperidine rings is 1. The summed E-state index contributed by atoms with van der Waals surface area (Å²) < 4.78 is 11.2. The molecule has 2 saturated heterocycles. The van der Waals surface area contributed by atoms with Crippen LogP contribution in [0.4, 0.5) is 4.79 Å². The molecule has 0 radical (unpaired) electrons. The molecule has 2 aliphatic heterocycles. The lowest BCUT2D eigenvalue weighted by molar-refractivity contribution is 0.0202. The quantitative estimate of drug-likeness (QED) is 0.393. The Bertz CT molecular complexity index is 1360. The van der Waals surface area contributed by atoms with Gasteiger partial charge in [-0.1, -0.05) is 52.8 Å². The number of hydrogen-bond acceptors (Lipinski definition) is 8. The number of nitrogens with zero attached hydrogens (tertiary/aromatic N) is 5. The third kappa shape index (κ3) is 6.16. The molecule has 2 amide bonds. The van der Waals surface area contributed by atoms with Crippen LogP contribution in [0.15, 0.2) is 64.3 Å². The van der Waals surface area contributed by atoms with Crippen LogP contribution in [0.2, 0.25) is 0 Å². The summed E-state index contributed by atoms with van der Waals surface area (Å²) in [5, 5.41) is 8.38. The van der Waals surface area contributed by atoms with Gasteiger partial charge in [0.2, 0.25) is 5.89 Å². The number of ether oxygens (including phenoxy) is 1. The second-order valence-electron chi connectivity index (χ2n) is 11.2. The molecule has 0 bridgehead atoms. The summed E-state index contributed by atoms with van der Waals surface area (Å²) in [5.74, 6) is 0.881. The van der Waals surface area contributed by atoms with E-state index < -0.39 is 11.6 Å². The first-order valence-corrected chi connectivity index (χ1v) is 13.6. The van der Waals surface area contributed by atoms with Crippen LogP contribution in [-0.2, 0) is 9.57 Å². The highest BCUT2D eigenvalue weighted by Crippen LogP contribution is 2.34. The van der Waals surface area contributed by atoms with E-state index in [0.29, 0.717) is 56.2 Å². The maximum Gasteiger partial charge on any atom is 0.410 e. The predicted octanol–water partition coefficient (Wildman–Crippen LogP) is 5.44. The lowest BCUT2D eigenvalue weighted by atomic mass is 9.96. The van der Waals surface area contributed by atoms with Crippen LogP contribution in [0.3, 0.4) is 0 Å². The van der Waals surface area contributed by atoms with E-state index in [9.17, 15) is 9.59 Å². The Morgan fingerprint density at radius 3 is 2.33 bits per heavy atom. The van der Waals surface area contributed by atoms with Crippen LogP contribution >= 0.6 is 0 Å². The van der Waals surface area contributed by atoms with Crippen LogP contribution in [0.5, 0.6) is 0 Å². The minimum Gasteiger partial charge on any atom is -0.444 e. The minimum atomic E-state index is -0.532. The molecule has 0 aliphatic carbocycles. The van der Waals surface area contributed by atoms with Crippen molar-refractivity contribution in [3.05, 3.63) is 71.9 Å². The van der Waals surface area contributed by atoms with E-state index in [-0.39, 0.29) is 17.9 Å². The van der Waals surface area contributed by atoms with E-state index in [1.165, 1.54) is 7.11 Å². The maximum atomic E-state index is 13.6. The fraction of sp³-hybridized carbons (Fsp3) is 0.433. The van der Waals surface area contributed by atoms with Crippen molar-refractivity contribution in [1.29, 1.82) is 0 Å². The molecule has 2 fully saturated rings. The van der Waals surface area contributed by atoms with Crippen molar-refractivity contribution in [3.63, 3.8) is 0 Å². The van der Waals surface area contributed by atoms with Crippen molar-refractivity contribution in [2.75, 3.05) is 26.7 Å². The smallest absolute Gasteiger partial charge is 0.410 e. The SMILES string of the molecule is CO/N=C1/C[C@@H](c2nc(C3CCN(C(=O)OC(C)(C)C)CC3)no2)N(C(=O)c2ccc(-c3ccccc3)cc2)C1. The number of oxime groups is 1. The molecule has 1 atom stereocenters. The Labute approximate surface area is 233 Å². The Morgan fingerprint density at radius 1 is 1.00 bits per heavy atom.